The number of carbonyl (C=O) groups excluding carboxylic acids is 1. The summed E-state index contributed by atoms with van der Waals surface area (Å²) in [6, 6.07) is 13.5. The molecule has 2 aromatic carbocycles. The fourth-order valence-corrected chi connectivity index (χ4v) is 5.33. The van der Waals surface area contributed by atoms with Gasteiger partial charge in [0.2, 0.25) is 15.9 Å². The van der Waals surface area contributed by atoms with Gasteiger partial charge in [-0.2, -0.15) is 4.31 Å². The number of aromatic nitrogens is 2. The van der Waals surface area contributed by atoms with Gasteiger partial charge in [0.1, 0.15) is 6.54 Å². The lowest BCUT2D eigenvalue weighted by molar-refractivity contribution is -0.116. The molecule has 1 saturated heterocycles. The molecule has 0 bridgehead atoms. The van der Waals surface area contributed by atoms with Gasteiger partial charge < -0.3 is 10.1 Å². The number of anilines is 1. The van der Waals surface area contributed by atoms with Gasteiger partial charge in [0.05, 0.1) is 29.1 Å². The standard InChI is InChI=1S/C22H26N4O5S/c1-2-10-25-19-8-3-4-9-20(19)26(22(25)28)16-21(27)23-17-6-5-7-18(15-17)32(29,30)24-11-13-31-14-12-24/h3-9,15H,2,10-14,16H2,1H3,(H,23,27). The average molecular weight is 459 g/mol. The topological polar surface area (TPSA) is 103 Å². The maximum Gasteiger partial charge on any atom is 0.329 e. The highest BCUT2D eigenvalue weighted by Crippen LogP contribution is 2.21. The van der Waals surface area contributed by atoms with E-state index in [2.05, 4.69) is 5.32 Å². The summed E-state index contributed by atoms with van der Waals surface area (Å²) in [7, 11) is -3.67. The zero-order valence-electron chi connectivity index (χ0n) is 17.9. The predicted molar refractivity (Wildman–Crippen MR) is 121 cm³/mol. The van der Waals surface area contributed by atoms with E-state index >= 15 is 0 Å². The van der Waals surface area contributed by atoms with Crippen molar-refractivity contribution in [3.8, 4) is 0 Å². The van der Waals surface area contributed by atoms with Gasteiger partial charge in [0, 0.05) is 25.3 Å². The lowest BCUT2D eigenvalue weighted by Gasteiger charge is -2.26. The van der Waals surface area contributed by atoms with Crippen molar-refractivity contribution in [2.24, 2.45) is 0 Å². The second kappa shape index (κ2) is 9.27. The molecule has 1 amide bonds. The van der Waals surface area contributed by atoms with Crippen molar-refractivity contribution in [1.82, 2.24) is 13.4 Å². The first-order valence-corrected chi connectivity index (χ1v) is 12.0. The summed E-state index contributed by atoms with van der Waals surface area (Å²) in [5.74, 6) is -0.410. The molecule has 10 heteroatoms. The van der Waals surface area contributed by atoms with E-state index in [0.29, 0.717) is 44.1 Å². The van der Waals surface area contributed by atoms with Gasteiger partial charge >= 0.3 is 5.69 Å². The molecular formula is C22H26N4O5S. The lowest BCUT2D eigenvalue weighted by atomic mass is 10.3. The molecular weight excluding hydrogens is 432 g/mol. The van der Waals surface area contributed by atoms with Crippen LogP contribution in [0.2, 0.25) is 0 Å². The van der Waals surface area contributed by atoms with E-state index in [9.17, 15) is 18.0 Å². The van der Waals surface area contributed by atoms with Gasteiger partial charge in [-0.3, -0.25) is 13.9 Å². The van der Waals surface area contributed by atoms with Crippen LogP contribution in [0.1, 0.15) is 13.3 Å². The summed E-state index contributed by atoms with van der Waals surface area (Å²) in [6.07, 6.45) is 0.796. The lowest BCUT2D eigenvalue weighted by Crippen LogP contribution is -2.40. The summed E-state index contributed by atoms with van der Waals surface area (Å²) >= 11 is 0. The smallest absolute Gasteiger partial charge is 0.329 e. The Labute approximate surface area is 186 Å². The number of morpholine rings is 1. The second-order valence-corrected chi connectivity index (χ2v) is 9.54. The summed E-state index contributed by atoms with van der Waals surface area (Å²) in [5, 5.41) is 2.72. The molecule has 1 fully saturated rings. The number of imidazole rings is 1. The number of carbonyl (C=O) groups is 1. The van der Waals surface area contributed by atoms with Crippen LogP contribution >= 0.6 is 0 Å². The summed E-state index contributed by atoms with van der Waals surface area (Å²) in [4.78, 5) is 25.7. The molecule has 0 radical (unpaired) electrons. The molecule has 0 atom stereocenters. The highest BCUT2D eigenvalue weighted by molar-refractivity contribution is 7.89. The van der Waals surface area contributed by atoms with Crippen LogP contribution in [0.15, 0.2) is 58.2 Å². The second-order valence-electron chi connectivity index (χ2n) is 7.60. The fourth-order valence-electron chi connectivity index (χ4n) is 3.88. The number of nitrogens with zero attached hydrogens (tertiary/aromatic N) is 3. The molecule has 0 unspecified atom stereocenters. The van der Waals surface area contributed by atoms with Crippen molar-refractivity contribution in [3.63, 3.8) is 0 Å². The van der Waals surface area contributed by atoms with E-state index in [1.807, 2.05) is 31.2 Å². The molecule has 9 nitrogen and oxygen atoms in total. The van der Waals surface area contributed by atoms with Crippen molar-refractivity contribution in [2.45, 2.75) is 31.3 Å². The highest BCUT2D eigenvalue weighted by atomic mass is 32.2. The minimum atomic E-state index is -3.67. The largest absolute Gasteiger partial charge is 0.379 e. The molecule has 0 saturated carbocycles. The third-order valence-electron chi connectivity index (χ3n) is 5.40. The number of rotatable bonds is 7. The Morgan fingerprint density at radius 3 is 2.41 bits per heavy atom. The van der Waals surface area contributed by atoms with Crippen LogP contribution in [0.3, 0.4) is 0 Å². The Morgan fingerprint density at radius 2 is 1.72 bits per heavy atom. The fraction of sp³-hybridized carbons (Fsp3) is 0.364. The average Bonchev–Trinajstić information content (AvgIpc) is 3.06. The van der Waals surface area contributed by atoms with Crippen LogP contribution in [-0.4, -0.2) is 54.1 Å². The first-order chi connectivity index (χ1) is 15.4. The first kappa shape index (κ1) is 22.3. The first-order valence-electron chi connectivity index (χ1n) is 10.6. The van der Waals surface area contributed by atoms with Gasteiger partial charge in [-0.1, -0.05) is 25.1 Å². The maximum atomic E-state index is 12.9. The number of fused-ring (bicyclic) bond motifs is 1. The van der Waals surface area contributed by atoms with Crippen molar-refractivity contribution < 1.29 is 17.9 Å². The Kier molecular flexibility index (Phi) is 6.45. The molecule has 2 heterocycles. The summed E-state index contributed by atoms with van der Waals surface area (Å²) < 4.78 is 35.5. The number of para-hydroxylation sites is 2. The van der Waals surface area contributed by atoms with Crippen molar-refractivity contribution in [2.75, 3.05) is 31.6 Å². The molecule has 1 aromatic heterocycles. The quantitative estimate of drug-likeness (QED) is 0.582. The molecule has 1 N–H and O–H groups in total. The number of benzene rings is 2. The highest BCUT2D eigenvalue weighted by Gasteiger charge is 2.26. The van der Waals surface area contributed by atoms with Crippen LogP contribution in [0.4, 0.5) is 5.69 Å². The van der Waals surface area contributed by atoms with Gasteiger partial charge in [-0.05, 0) is 36.8 Å². The third kappa shape index (κ3) is 4.34. The Bertz CT molecular complexity index is 1290. The SMILES string of the molecule is CCCn1c(=O)n(CC(=O)Nc2cccc(S(=O)(=O)N3CCOCC3)c2)c2ccccc21. The molecule has 0 spiro atoms. The number of hydrogen-bond acceptors (Lipinski definition) is 5. The van der Waals surface area contributed by atoms with Gasteiger partial charge in [0.25, 0.3) is 0 Å². The Hall–Kier alpha value is -2.95. The normalized spacial score (nSPS) is 15.2. The van der Waals surface area contributed by atoms with Crippen molar-refractivity contribution >= 4 is 32.7 Å². The molecule has 170 valence electrons. The molecule has 1 aliphatic rings. The minimum absolute atomic E-state index is 0.105. The Balaban J connectivity index is 1.55. The minimum Gasteiger partial charge on any atom is -0.379 e. The number of ether oxygens (including phenoxy) is 1. The molecule has 32 heavy (non-hydrogen) atoms. The van der Waals surface area contributed by atoms with Crippen LogP contribution in [0.5, 0.6) is 0 Å². The number of aryl methyl sites for hydroxylation is 1. The molecule has 0 aliphatic carbocycles. The van der Waals surface area contributed by atoms with Crippen molar-refractivity contribution in [3.05, 3.63) is 59.0 Å². The maximum absolute atomic E-state index is 12.9. The number of sulfonamides is 1. The molecule has 1 aliphatic heterocycles. The van der Waals surface area contributed by atoms with Gasteiger partial charge in [0.15, 0.2) is 0 Å². The number of amides is 1. The van der Waals surface area contributed by atoms with Crippen LogP contribution in [0.25, 0.3) is 11.0 Å². The summed E-state index contributed by atoms with van der Waals surface area (Å²) in [5.41, 5.74) is 1.58. The van der Waals surface area contributed by atoms with E-state index in [1.54, 1.807) is 16.7 Å². The molecule has 3 aromatic rings. The third-order valence-corrected chi connectivity index (χ3v) is 7.29. The van der Waals surface area contributed by atoms with E-state index in [-0.39, 0.29) is 17.1 Å². The van der Waals surface area contributed by atoms with Gasteiger partial charge in [-0.25, -0.2) is 13.2 Å². The molecule has 4 rings (SSSR count). The Morgan fingerprint density at radius 1 is 1.03 bits per heavy atom. The summed E-state index contributed by atoms with van der Waals surface area (Å²) in [6.45, 7) is 3.69. The van der Waals surface area contributed by atoms with E-state index in [4.69, 9.17) is 4.74 Å². The predicted octanol–water partition coefficient (Wildman–Crippen LogP) is 1.87. The van der Waals surface area contributed by atoms with Crippen molar-refractivity contribution in [1.29, 1.82) is 0 Å². The van der Waals surface area contributed by atoms with Crippen LogP contribution < -0.4 is 11.0 Å². The van der Waals surface area contributed by atoms with Crippen LogP contribution in [0, 0.1) is 0 Å². The zero-order chi connectivity index (χ0) is 22.7. The van der Waals surface area contributed by atoms with Crippen LogP contribution in [-0.2, 0) is 32.6 Å². The van der Waals surface area contributed by atoms with Gasteiger partial charge in [-0.15, -0.1) is 0 Å². The monoisotopic (exact) mass is 458 g/mol. The zero-order valence-corrected chi connectivity index (χ0v) is 18.7. The van der Waals surface area contributed by atoms with E-state index in [1.165, 1.54) is 21.0 Å². The number of hydrogen-bond donors (Lipinski definition) is 1. The van der Waals surface area contributed by atoms with E-state index in [0.717, 1.165) is 11.9 Å². The van der Waals surface area contributed by atoms with E-state index < -0.39 is 15.9 Å². The number of nitrogens with one attached hydrogen (secondary N) is 1.